The average molecular weight is 317 g/mol. The van der Waals surface area contributed by atoms with Gasteiger partial charge in [0.15, 0.2) is 0 Å². The third kappa shape index (κ3) is 5.26. The van der Waals surface area contributed by atoms with Crippen LogP contribution in [0.5, 0.6) is 0 Å². The summed E-state index contributed by atoms with van der Waals surface area (Å²) in [6, 6.07) is 5.98. The molecule has 1 atom stereocenters. The Morgan fingerprint density at radius 1 is 1.43 bits per heavy atom. The molecule has 4 nitrogen and oxygen atoms in total. The number of rotatable bonds is 6. The molecule has 21 heavy (non-hydrogen) atoms. The summed E-state index contributed by atoms with van der Waals surface area (Å²) < 4.78 is 18.4. The summed E-state index contributed by atoms with van der Waals surface area (Å²) in [5.41, 5.74) is 0.720. The molecule has 0 saturated carbocycles. The van der Waals surface area contributed by atoms with Crippen molar-refractivity contribution in [2.75, 3.05) is 31.1 Å². The lowest BCUT2D eigenvalue weighted by atomic mass is 10.2. The second kappa shape index (κ2) is 8.97. The van der Waals surface area contributed by atoms with Crippen LogP contribution in [0.3, 0.4) is 0 Å². The highest BCUT2D eigenvalue weighted by Gasteiger charge is 2.17. The molecule has 1 unspecified atom stereocenters. The highest BCUT2D eigenvalue weighted by molar-refractivity contribution is 5.94. The number of ether oxygens (including phenoxy) is 1. The van der Waals surface area contributed by atoms with Gasteiger partial charge < -0.3 is 15.0 Å². The Bertz CT molecular complexity index is 436. The fourth-order valence-corrected chi connectivity index (χ4v) is 2.36. The first kappa shape index (κ1) is 17.9. The molecular formula is C15H22ClFN2O2. The summed E-state index contributed by atoms with van der Waals surface area (Å²) in [7, 11) is 0. The van der Waals surface area contributed by atoms with Gasteiger partial charge in [-0.2, -0.15) is 0 Å². The summed E-state index contributed by atoms with van der Waals surface area (Å²) in [4.78, 5) is 13.8. The number of nitrogens with one attached hydrogen (secondary N) is 1. The van der Waals surface area contributed by atoms with E-state index in [2.05, 4.69) is 5.32 Å². The molecule has 1 heterocycles. The maximum Gasteiger partial charge on any atom is 0.240 e. The standard InChI is InChI=1S/C15H21FN2O2.ClH/c1-2-18(13-7-5-12(16)6-8-13)15(19)11-17-10-14-4-3-9-20-14;/h5-8,14,17H,2-4,9-11H2,1H3;1H. The van der Waals surface area contributed by atoms with E-state index < -0.39 is 0 Å². The SMILES string of the molecule is CCN(C(=O)CNCC1CCCO1)c1ccc(F)cc1.Cl. The lowest BCUT2D eigenvalue weighted by Crippen LogP contribution is -2.40. The first-order valence-corrected chi connectivity index (χ1v) is 7.09. The van der Waals surface area contributed by atoms with Crippen LogP contribution in [0.15, 0.2) is 24.3 Å². The van der Waals surface area contributed by atoms with Crippen molar-refractivity contribution in [3.05, 3.63) is 30.1 Å². The minimum atomic E-state index is -0.297. The summed E-state index contributed by atoms with van der Waals surface area (Å²) in [5, 5.41) is 3.13. The minimum absolute atomic E-state index is 0. The van der Waals surface area contributed by atoms with Crippen molar-refractivity contribution in [3.63, 3.8) is 0 Å². The Labute approximate surface area is 131 Å². The third-order valence-corrected chi connectivity index (χ3v) is 3.43. The fraction of sp³-hybridized carbons (Fsp3) is 0.533. The summed E-state index contributed by atoms with van der Waals surface area (Å²) in [5.74, 6) is -0.314. The van der Waals surface area contributed by atoms with Gasteiger partial charge in [0.25, 0.3) is 0 Å². The number of amides is 1. The molecule has 1 saturated heterocycles. The van der Waals surface area contributed by atoms with Gasteiger partial charge in [0.2, 0.25) is 5.91 Å². The normalized spacial score (nSPS) is 17.3. The average Bonchev–Trinajstić information content (AvgIpc) is 2.95. The smallest absolute Gasteiger partial charge is 0.240 e. The van der Waals surface area contributed by atoms with Crippen molar-refractivity contribution in [1.29, 1.82) is 0 Å². The molecule has 118 valence electrons. The number of hydrogen-bond donors (Lipinski definition) is 1. The van der Waals surface area contributed by atoms with Gasteiger partial charge in [0, 0.05) is 25.4 Å². The number of carbonyl (C=O) groups is 1. The van der Waals surface area contributed by atoms with Crippen LogP contribution in [-0.4, -0.2) is 38.3 Å². The van der Waals surface area contributed by atoms with Gasteiger partial charge in [0.1, 0.15) is 5.82 Å². The summed E-state index contributed by atoms with van der Waals surface area (Å²) in [6.07, 6.45) is 2.37. The number of benzene rings is 1. The van der Waals surface area contributed by atoms with E-state index in [-0.39, 0.29) is 36.8 Å². The van der Waals surface area contributed by atoms with Crippen LogP contribution in [0.2, 0.25) is 0 Å². The first-order valence-electron chi connectivity index (χ1n) is 7.09. The van der Waals surface area contributed by atoms with Crippen LogP contribution in [-0.2, 0) is 9.53 Å². The molecule has 6 heteroatoms. The van der Waals surface area contributed by atoms with Gasteiger partial charge in [-0.1, -0.05) is 0 Å². The van der Waals surface area contributed by atoms with E-state index in [9.17, 15) is 9.18 Å². The quantitative estimate of drug-likeness (QED) is 0.876. The molecular weight excluding hydrogens is 295 g/mol. The second-order valence-electron chi connectivity index (χ2n) is 4.88. The van der Waals surface area contributed by atoms with E-state index in [0.29, 0.717) is 13.1 Å². The number of carbonyl (C=O) groups excluding carboxylic acids is 1. The van der Waals surface area contributed by atoms with E-state index in [1.54, 1.807) is 17.0 Å². The Morgan fingerprint density at radius 2 is 2.14 bits per heavy atom. The topological polar surface area (TPSA) is 41.6 Å². The van der Waals surface area contributed by atoms with Crippen LogP contribution < -0.4 is 10.2 Å². The number of halogens is 2. The molecule has 1 aliphatic rings. The molecule has 0 radical (unpaired) electrons. The van der Waals surface area contributed by atoms with Gasteiger partial charge in [-0.25, -0.2) is 4.39 Å². The molecule has 1 aromatic rings. The molecule has 1 amide bonds. The molecule has 1 fully saturated rings. The van der Waals surface area contributed by atoms with Crippen LogP contribution >= 0.6 is 12.4 Å². The number of nitrogens with zero attached hydrogens (tertiary/aromatic N) is 1. The van der Waals surface area contributed by atoms with Gasteiger partial charge in [-0.15, -0.1) is 12.4 Å². The second-order valence-corrected chi connectivity index (χ2v) is 4.88. The molecule has 1 aromatic carbocycles. The number of hydrogen-bond acceptors (Lipinski definition) is 3. The van der Waals surface area contributed by atoms with E-state index in [1.807, 2.05) is 6.92 Å². The largest absolute Gasteiger partial charge is 0.377 e. The van der Waals surface area contributed by atoms with E-state index >= 15 is 0 Å². The molecule has 1 N–H and O–H groups in total. The lowest BCUT2D eigenvalue weighted by Gasteiger charge is -2.21. The molecule has 2 rings (SSSR count). The monoisotopic (exact) mass is 316 g/mol. The zero-order valence-electron chi connectivity index (χ0n) is 12.2. The zero-order chi connectivity index (χ0) is 14.4. The van der Waals surface area contributed by atoms with Crippen LogP contribution in [0.1, 0.15) is 19.8 Å². The van der Waals surface area contributed by atoms with Gasteiger partial charge in [-0.05, 0) is 44.0 Å². The predicted molar refractivity (Wildman–Crippen MR) is 83.5 cm³/mol. The van der Waals surface area contributed by atoms with Crippen molar-refractivity contribution in [2.45, 2.75) is 25.9 Å². The van der Waals surface area contributed by atoms with Crippen molar-refractivity contribution in [2.24, 2.45) is 0 Å². The van der Waals surface area contributed by atoms with Crippen molar-refractivity contribution < 1.29 is 13.9 Å². The van der Waals surface area contributed by atoms with Crippen molar-refractivity contribution >= 4 is 24.0 Å². The minimum Gasteiger partial charge on any atom is -0.377 e. The van der Waals surface area contributed by atoms with Crippen molar-refractivity contribution in [1.82, 2.24) is 5.32 Å². The number of anilines is 1. The van der Waals surface area contributed by atoms with Gasteiger partial charge >= 0.3 is 0 Å². The Hall–Kier alpha value is -1.17. The van der Waals surface area contributed by atoms with E-state index in [0.717, 1.165) is 25.1 Å². The van der Waals surface area contributed by atoms with Crippen LogP contribution in [0.4, 0.5) is 10.1 Å². The zero-order valence-corrected chi connectivity index (χ0v) is 13.0. The molecule has 0 aliphatic carbocycles. The maximum absolute atomic E-state index is 12.9. The highest BCUT2D eigenvalue weighted by Crippen LogP contribution is 2.15. The third-order valence-electron chi connectivity index (χ3n) is 3.43. The summed E-state index contributed by atoms with van der Waals surface area (Å²) >= 11 is 0. The van der Waals surface area contributed by atoms with E-state index in [1.165, 1.54) is 12.1 Å². The summed E-state index contributed by atoms with van der Waals surface area (Å²) in [6.45, 7) is 4.25. The maximum atomic E-state index is 12.9. The number of likely N-dealkylation sites (N-methyl/N-ethyl adjacent to an activating group) is 1. The Kier molecular flexibility index (Phi) is 7.64. The highest BCUT2D eigenvalue weighted by atomic mass is 35.5. The molecule has 1 aliphatic heterocycles. The van der Waals surface area contributed by atoms with E-state index in [4.69, 9.17) is 4.74 Å². The first-order chi connectivity index (χ1) is 9.70. The van der Waals surface area contributed by atoms with Crippen LogP contribution in [0, 0.1) is 5.82 Å². The fourth-order valence-electron chi connectivity index (χ4n) is 2.36. The predicted octanol–water partition coefficient (Wildman–Crippen LogP) is 2.37. The Balaban J connectivity index is 0.00000220. The van der Waals surface area contributed by atoms with Gasteiger partial charge in [0.05, 0.1) is 12.6 Å². The van der Waals surface area contributed by atoms with Gasteiger partial charge in [-0.3, -0.25) is 4.79 Å². The molecule has 0 aromatic heterocycles. The van der Waals surface area contributed by atoms with Crippen LogP contribution in [0.25, 0.3) is 0 Å². The molecule has 0 bridgehead atoms. The van der Waals surface area contributed by atoms with Crippen molar-refractivity contribution in [3.8, 4) is 0 Å². The lowest BCUT2D eigenvalue weighted by molar-refractivity contribution is -0.117. The Morgan fingerprint density at radius 3 is 2.71 bits per heavy atom. The molecule has 0 spiro atoms.